The first kappa shape index (κ1) is 10.2. The van der Waals surface area contributed by atoms with Crippen LogP contribution in [0.2, 0.25) is 0 Å². The highest BCUT2D eigenvalue weighted by Gasteiger charge is 2.10. The maximum atomic E-state index is 12.6. The number of hydrogen-bond donors (Lipinski definition) is 1. The van der Waals surface area contributed by atoms with Gasteiger partial charge in [-0.3, -0.25) is 0 Å². The Morgan fingerprint density at radius 1 is 1.73 bits per heavy atom. The Hall–Kier alpha value is -0.830. The quantitative estimate of drug-likeness (QED) is 0.405. The van der Waals surface area contributed by atoms with E-state index in [-0.39, 0.29) is 0 Å². The molecule has 0 saturated carbocycles. The minimum absolute atomic E-state index is 0.712. The minimum Gasteiger partial charge on any atom is -0.478 e. The van der Waals surface area contributed by atoms with Crippen molar-refractivity contribution >= 4 is 17.6 Å². The molecule has 0 aliphatic heterocycles. The third-order valence-corrected chi connectivity index (χ3v) is 1.37. The molecule has 62 valence electrons. The van der Waals surface area contributed by atoms with Crippen molar-refractivity contribution in [3.63, 3.8) is 0 Å². The summed E-state index contributed by atoms with van der Waals surface area (Å²) in [6.45, 7) is 3.26. The predicted molar refractivity (Wildman–Crippen MR) is 41.5 cm³/mol. The number of rotatable bonds is 4. The fourth-order valence-corrected chi connectivity index (χ4v) is 0.494. The zero-order chi connectivity index (χ0) is 8.85. The zero-order valence-corrected chi connectivity index (χ0v) is 6.46. The first-order valence-corrected chi connectivity index (χ1v) is 3.33. The van der Waals surface area contributed by atoms with Gasteiger partial charge in [0.1, 0.15) is 6.17 Å². The van der Waals surface area contributed by atoms with Crippen LogP contribution in [0.15, 0.2) is 24.8 Å². The van der Waals surface area contributed by atoms with E-state index in [0.717, 1.165) is 6.08 Å². The van der Waals surface area contributed by atoms with E-state index >= 15 is 0 Å². The molecule has 0 radical (unpaired) electrons. The Bertz CT molecular complexity index is 179. The first-order valence-electron chi connectivity index (χ1n) is 2.89. The molecule has 4 heteroatoms. The van der Waals surface area contributed by atoms with E-state index in [2.05, 4.69) is 6.58 Å². The van der Waals surface area contributed by atoms with E-state index in [1.807, 2.05) is 0 Å². The molecule has 0 saturated heterocycles. The Morgan fingerprint density at radius 2 is 2.27 bits per heavy atom. The minimum atomic E-state index is -1.50. The summed E-state index contributed by atoms with van der Waals surface area (Å²) in [6.07, 6.45) is 1.30. The molecule has 0 aliphatic rings. The number of carboxylic acid groups (broad SMARTS) is 1. The third kappa shape index (κ3) is 4.56. The van der Waals surface area contributed by atoms with Crippen LogP contribution < -0.4 is 0 Å². The van der Waals surface area contributed by atoms with Crippen molar-refractivity contribution in [2.45, 2.75) is 11.5 Å². The van der Waals surface area contributed by atoms with Crippen molar-refractivity contribution in [3.8, 4) is 0 Å². The summed E-state index contributed by atoms with van der Waals surface area (Å²) in [5, 5.41) is 7.22. The lowest BCUT2D eigenvalue weighted by molar-refractivity contribution is -0.131. The Kier molecular flexibility index (Phi) is 4.54. The SMILES string of the molecule is C=CC(Cl)C(F)/C=C/C(=O)O. The lowest BCUT2D eigenvalue weighted by Crippen LogP contribution is -2.10. The fraction of sp³-hybridized carbons (Fsp3) is 0.286. The monoisotopic (exact) mass is 178 g/mol. The van der Waals surface area contributed by atoms with Gasteiger partial charge in [0.15, 0.2) is 0 Å². The van der Waals surface area contributed by atoms with Crippen LogP contribution in [0, 0.1) is 0 Å². The number of halogens is 2. The standard InChI is InChI=1S/C7H8ClFO2/c1-2-5(8)6(9)3-4-7(10)11/h2-6H,1H2,(H,10,11)/b4-3+. The lowest BCUT2D eigenvalue weighted by Gasteiger charge is -2.03. The highest BCUT2D eigenvalue weighted by molar-refractivity contribution is 6.22. The maximum absolute atomic E-state index is 12.6. The molecule has 2 unspecified atom stereocenters. The number of aliphatic carboxylic acids is 1. The van der Waals surface area contributed by atoms with Crippen LogP contribution >= 0.6 is 11.6 Å². The van der Waals surface area contributed by atoms with Crippen molar-refractivity contribution < 1.29 is 14.3 Å². The largest absolute Gasteiger partial charge is 0.478 e. The average molecular weight is 179 g/mol. The molecule has 2 nitrogen and oxygen atoms in total. The van der Waals surface area contributed by atoms with Gasteiger partial charge in [0.25, 0.3) is 0 Å². The van der Waals surface area contributed by atoms with E-state index in [1.165, 1.54) is 6.08 Å². The van der Waals surface area contributed by atoms with Gasteiger partial charge in [-0.15, -0.1) is 18.2 Å². The Morgan fingerprint density at radius 3 is 2.64 bits per heavy atom. The zero-order valence-electron chi connectivity index (χ0n) is 5.71. The summed E-state index contributed by atoms with van der Waals surface area (Å²) in [5.41, 5.74) is 0. The molecule has 0 bridgehead atoms. The number of hydrogen-bond acceptors (Lipinski definition) is 1. The molecular weight excluding hydrogens is 171 g/mol. The van der Waals surface area contributed by atoms with Crippen LogP contribution in [0.4, 0.5) is 4.39 Å². The van der Waals surface area contributed by atoms with Crippen LogP contribution in [0.1, 0.15) is 0 Å². The van der Waals surface area contributed by atoms with Gasteiger partial charge >= 0.3 is 5.97 Å². The van der Waals surface area contributed by atoms with Crippen molar-refractivity contribution in [3.05, 3.63) is 24.8 Å². The number of carboxylic acids is 1. The summed E-state index contributed by atoms with van der Waals surface area (Å²) in [7, 11) is 0. The van der Waals surface area contributed by atoms with Crippen LogP contribution in [-0.4, -0.2) is 22.6 Å². The van der Waals surface area contributed by atoms with Crippen LogP contribution in [-0.2, 0) is 4.79 Å². The highest BCUT2D eigenvalue weighted by Crippen LogP contribution is 2.08. The van der Waals surface area contributed by atoms with Crippen molar-refractivity contribution in [1.82, 2.24) is 0 Å². The summed E-state index contributed by atoms with van der Waals surface area (Å²) >= 11 is 5.36. The highest BCUT2D eigenvalue weighted by atomic mass is 35.5. The topological polar surface area (TPSA) is 37.3 Å². The van der Waals surface area contributed by atoms with E-state index in [1.54, 1.807) is 0 Å². The van der Waals surface area contributed by atoms with E-state index in [4.69, 9.17) is 16.7 Å². The van der Waals surface area contributed by atoms with E-state index in [9.17, 15) is 9.18 Å². The second kappa shape index (κ2) is 4.91. The number of alkyl halides is 2. The molecular formula is C7H8ClFO2. The van der Waals surface area contributed by atoms with Gasteiger partial charge in [-0.1, -0.05) is 6.08 Å². The number of allylic oxidation sites excluding steroid dienone is 2. The summed E-state index contributed by atoms with van der Waals surface area (Å²) in [5.74, 6) is -1.19. The summed E-state index contributed by atoms with van der Waals surface area (Å²) < 4.78 is 12.6. The van der Waals surface area contributed by atoms with Gasteiger partial charge < -0.3 is 5.11 Å². The van der Waals surface area contributed by atoms with Gasteiger partial charge in [-0.25, -0.2) is 9.18 Å². The molecule has 2 atom stereocenters. The molecule has 0 rings (SSSR count). The Labute approximate surface area is 69.0 Å². The van der Waals surface area contributed by atoms with Crippen LogP contribution in [0.3, 0.4) is 0 Å². The van der Waals surface area contributed by atoms with E-state index < -0.39 is 17.5 Å². The first-order chi connectivity index (χ1) is 5.07. The molecule has 0 heterocycles. The van der Waals surface area contributed by atoms with E-state index in [0.29, 0.717) is 6.08 Å². The fourth-order valence-electron chi connectivity index (χ4n) is 0.410. The van der Waals surface area contributed by atoms with Crippen molar-refractivity contribution in [1.29, 1.82) is 0 Å². The molecule has 0 fully saturated rings. The normalized spacial score (nSPS) is 16.2. The summed E-state index contributed by atoms with van der Waals surface area (Å²) in [6, 6.07) is 0. The molecule has 0 amide bonds. The molecule has 0 aromatic heterocycles. The second-order valence-electron chi connectivity index (χ2n) is 1.82. The number of carbonyl (C=O) groups is 1. The van der Waals surface area contributed by atoms with Crippen molar-refractivity contribution in [2.24, 2.45) is 0 Å². The molecule has 0 spiro atoms. The molecule has 11 heavy (non-hydrogen) atoms. The van der Waals surface area contributed by atoms with Gasteiger partial charge in [0, 0.05) is 6.08 Å². The van der Waals surface area contributed by atoms with Gasteiger partial charge in [-0.05, 0) is 6.08 Å². The molecule has 1 N–H and O–H groups in total. The van der Waals surface area contributed by atoms with Gasteiger partial charge in [0.05, 0.1) is 5.38 Å². The second-order valence-corrected chi connectivity index (χ2v) is 2.33. The summed E-state index contributed by atoms with van der Waals surface area (Å²) in [4.78, 5) is 9.89. The van der Waals surface area contributed by atoms with Crippen molar-refractivity contribution in [2.75, 3.05) is 0 Å². The average Bonchev–Trinajstić information content (AvgIpc) is 1.98. The van der Waals surface area contributed by atoms with Crippen LogP contribution in [0.25, 0.3) is 0 Å². The smallest absolute Gasteiger partial charge is 0.328 e. The molecule has 0 aromatic rings. The van der Waals surface area contributed by atoms with Gasteiger partial charge in [-0.2, -0.15) is 0 Å². The Balaban J connectivity index is 3.94. The van der Waals surface area contributed by atoms with Gasteiger partial charge in [0.2, 0.25) is 0 Å². The third-order valence-electron chi connectivity index (χ3n) is 0.952. The molecule has 0 aliphatic carbocycles. The predicted octanol–water partition coefficient (Wildman–Crippen LogP) is 1.76. The molecule has 0 aromatic carbocycles. The maximum Gasteiger partial charge on any atom is 0.328 e. The lowest BCUT2D eigenvalue weighted by atomic mass is 10.2. The van der Waals surface area contributed by atoms with Crippen LogP contribution in [0.5, 0.6) is 0 Å².